The molecular weight excluding hydrogens is 326 g/mol. The van der Waals surface area contributed by atoms with Gasteiger partial charge < -0.3 is 9.64 Å². The van der Waals surface area contributed by atoms with Gasteiger partial charge in [0, 0.05) is 36.5 Å². The molecule has 130 valence electrons. The second kappa shape index (κ2) is 6.28. The van der Waals surface area contributed by atoms with Crippen LogP contribution in [0.25, 0.3) is 10.9 Å². The second-order valence-electron chi connectivity index (χ2n) is 7.41. The molecule has 0 radical (unpaired) electrons. The number of carbonyl (C=O) groups excluding carboxylic acids is 1. The molecule has 0 saturated carbocycles. The van der Waals surface area contributed by atoms with Gasteiger partial charge in [-0.05, 0) is 51.8 Å². The fraction of sp³-hybridized carbons (Fsp3) is 0.556. The van der Waals surface area contributed by atoms with Crippen LogP contribution < -0.4 is 0 Å². The van der Waals surface area contributed by atoms with Gasteiger partial charge in [-0.2, -0.15) is 5.10 Å². The van der Waals surface area contributed by atoms with E-state index in [1.807, 2.05) is 50.7 Å². The molecule has 0 aliphatic carbocycles. The molecule has 0 atom stereocenters. The molecule has 6 heteroatoms. The van der Waals surface area contributed by atoms with E-state index in [2.05, 4.69) is 0 Å². The van der Waals surface area contributed by atoms with Crippen molar-refractivity contribution >= 4 is 28.6 Å². The molecule has 1 saturated heterocycles. The number of ether oxygens (including phenoxy) is 1. The molecule has 5 nitrogen and oxygen atoms in total. The van der Waals surface area contributed by atoms with Crippen molar-refractivity contribution in [1.82, 2.24) is 14.7 Å². The van der Waals surface area contributed by atoms with E-state index in [9.17, 15) is 4.79 Å². The highest BCUT2D eigenvalue weighted by Gasteiger charge is 2.29. The van der Waals surface area contributed by atoms with Crippen molar-refractivity contribution in [3.05, 3.63) is 28.9 Å². The predicted octanol–water partition coefficient (Wildman–Crippen LogP) is 4.34. The maximum Gasteiger partial charge on any atom is 0.410 e. The average Bonchev–Trinajstić information content (AvgIpc) is 2.82. The van der Waals surface area contributed by atoms with E-state index in [0.29, 0.717) is 19.0 Å². The lowest BCUT2D eigenvalue weighted by atomic mass is 9.92. The molecule has 1 aromatic heterocycles. The molecule has 1 aliphatic rings. The number of hydrogen-bond donors (Lipinski definition) is 0. The van der Waals surface area contributed by atoms with Crippen molar-refractivity contribution in [3.8, 4) is 0 Å². The summed E-state index contributed by atoms with van der Waals surface area (Å²) in [4.78, 5) is 14.0. The largest absolute Gasteiger partial charge is 0.444 e. The molecule has 2 aromatic rings. The van der Waals surface area contributed by atoms with E-state index in [0.717, 1.165) is 34.5 Å². The first-order valence-electron chi connectivity index (χ1n) is 8.35. The van der Waals surface area contributed by atoms with Gasteiger partial charge >= 0.3 is 6.09 Å². The minimum Gasteiger partial charge on any atom is -0.444 e. The van der Waals surface area contributed by atoms with Gasteiger partial charge in [0.15, 0.2) is 0 Å². The Hall–Kier alpha value is -1.75. The van der Waals surface area contributed by atoms with E-state index in [-0.39, 0.29) is 6.09 Å². The van der Waals surface area contributed by atoms with Crippen molar-refractivity contribution in [2.75, 3.05) is 13.1 Å². The number of benzene rings is 1. The van der Waals surface area contributed by atoms with E-state index < -0.39 is 5.60 Å². The molecule has 1 aliphatic heterocycles. The number of carbonyl (C=O) groups is 1. The van der Waals surface area contributed by atoms with Crippen molar-refractivity contribution in [1.29, 1.82) is 0 Å². The molecule has 1 amide bonds. The number of piperidine rings is 1. The van der Waals surface area contributed by atoms with Crippen LogP contribution in [0.1, 0.15) is 45.2 Å². The highest BCUT2D eigenvalue weighted by molar-refractivity contribution is 6.31. The number of hydrogen-bond acceptors (Lipinski definition) is 3. The lowest BCUT2D eigenvalue weighted by Crippen LogP contribution is -2.41. The first-order chi connectivity index (χ1) is 11.2. The summed E-state index contributed by atoms with van der Waals surface area (Å²) in [5.41, 5.74) is 1.71. The molecule has 1 fully saturated rings. The van der Waals surface area contributed by atoms with Gasteiger partial charge in [-0.1, -0.05) is 11.6 Å². The number of halogens is 1. The third kappa shape index (κ3) is 3.51. The van der Waals surface area contributed by atoms with Gasteiger partial charge in [-0.15, -0.1) is 0 Å². The van der Waals surface area contributed by atoms with Crippen molar-refractivity contribution in [2.24, 2.45) is 7.05 Å². The lowest BCUT2D eigenvalue weighted by molar-refractivity contribution is 0.0204. The monoisotopic (exact) mass is 349 g/mol. The van der Waals surface area contributed by atoms with Crippen LogP contribution in [0, 0.1) is 0 Å². The van der Waals surface area contributed by atoms with Crippen LogP contribution in [0.3, 0.4) is 0 Å². The lowest BCUT2D eigenvalue weighted by Gasteiger charge is -2.33. The molecular formula is C18H24ClN3O2. The van der Waals surface area contributed by atoms with Crippen LogP contribution in [0.15, 0.2) is 18.2 Å². The number of aryl methyl sites for hydroxylation is 1. The number of nitrogens with zero attached hydrogens (tertiary/aromatic N) is 3. The number of likely N-dealkylation sites (tertiary alicyclic amines) is 1. The molecule has 0 N–H and O–H groups in total. The molecule has 1 aromatic carbocycles. The van der Waals surface area contributed by atoms with E-state index in [1.165, 1.54) is 0 Å². The average molecular weight is 350 g/mol. The number of aromatic nitrogens is 2. The Bertz CT molecular complexity index is 755. The Kier molecular flexibility index (Phi) is 4.47. The highest BCUT2D eigenvalue weighted by Crippen LogP contribution is 2.33. The van der Waals surface area contributed by atoms with Crippen LogP contribution >= 0.6 is 11.6 Å². The van der Waals surface area contributed by atoms with Gasteiger partial charge in [0.05, 0.1) is 11.2 Å². The zero-order valence-corrected chi connectivity index (χ0v) is 15.4. The van der Waals surface area contributed by atoms with E-state index in [4.69, 9.17) is 21.4 Å². The molecule has 0 spiro atoms. The second-order valence-corrected chi connectivity index (χ2v) is 7.85. The highest BCUT2D eigenvalue weighted by atomic mass is 35.5. The summed E-state index contributed by atoms with van der Waals surface area (Å²) in [5, 5.41) is 6.54. The zero-order chi connectivity index (χ0) is 17.5. The summed E-state index contributed by atoms with van der Waals surface area (Å²) < 4.78 is 7.36. The summed E-state index contributed by atoms with van der Waals surface area (Å²) in [6.45, 7) is 7.06. The van der Waals surface area contributed by atoms with Crippen LogP contribution in [0.2, 0.25) is 5.02 Å². The van der Waals surface area contributed by atoms with Gasteiger partial charge in [0.1, 0.15) is 5.60 Å². The molecule has 2 heterocycles. The predicted molar refractivity (Wildman–Crippen MR) is 95.5 cm³/mol. The van der Waals surface area contributed by atoms with Gasteiger partial charge in [0.25, 0.3) is 0 Å². The van der Waals surface area contributed by atoms with Crippen molar-refractivity contribution in [2.45, 2.75) is 45.1 Å². The summed E-state index contributed by atoms with van der Waals surface area (Å²) in [6.07, 6.45) is 1.55. The topological polar surface area (TPSA) is 47.4 Å². The molecule has 0 bridgehead atoms. The Labute approximate surface area is 147 Å². The minimum absolute atomic E-state index is 0.227. The quantitative estimate of drug-likeness (QED) is 0.769. The smallest absolute Gasteiger partial charge is 0.410 e. The van der Waals surface area contributed by atoms with Gasteiger partial charge in [-0.3, -0.25) is 4.68 Å². The normalized spacial score (nSPS) is 16.6. The van der Waals surface area contributed by atoms with Gasteiger partial charge in [-0.25, -0.2) is 4.79 Å². The first kappa shape index (κ1) is 17.1. The van der Waals surface area contributed by atoms with Crippen LogP contribution in [0.4, 0.5) is 4.79 Å². The van der Waals surface area contributed by atoms with Crippen molar-refractivity contribution < 1.29 is 9.53 Å². The summed E-state index contributed by atoms with van der Waals surface area (Å²) in [7, 11) is 1.95. The number of amides is 1. The molecule has 0 unspecified atom stereocenters. The fourth-order valence-electron chi connectivity index (χ4n) is 3.23. The zero-order valence-electron chi connectivity index (χ0n) is 14.7. The Balaban J connectivity index is 1.73. The first-order valence-corrected chi connectivity index (χ1v) is 8.72. The number of rotatable bonds is 1. The van der Waals surface area contributed by atoms with Crippen molar-refractivity contribution in [3.63, 3.8) is 0 Å². The molecule has 3 rings (SSSR count). The van der Waals surface area contributed by atoms with Crippen LogP contribution in [0.5, 0.6) is 0 Å². The van der Waals surface area contributed by atoms with E-state index in [1.54, 1.807) is 4.90 Å². The van der Waals surface area contributed by atoms with E-state index >= 15 is 0 Å². The fourth-order valence-corrected chi connectivity index (χ4v) is 3.40. The SMILES string of the molecule is Cn1nc(C2CCN(C(=O)OC(C)(C)C)CC2)c2cc(Cl)ccc21. The van der Waals surface area contributed by atoms with Gasteiger partial charge in [0.2, 0.25) is 0 Å². The third-order valence-corrected chi connectivity index (χ3v) is 4.61. The summed E-state index contributed by atoms with van der Waals surface area (Å²) in [6, 6.07) is 5.88. The number of fused-ring (bicyclic) bond motifs is 1. The summed E-state index contributed by atoms with van der Waals surface area (Å²) in [5.74, 6) is 0.339. The standard InChI is InChI=1S/C18H24ClN3O2/c1-18(2,3)24-17(23)22-9-7-12(8-10-22)16-14-11-13(19)5-6-15(14)21(4)20-16/h5-6,11-12H,7-10H2,1-4H3. The Morgan fingerprint density at radius 1 is 1.29 bits per heavy atom. The third-order valence-electron chi connectivity index (χ3n) is 4.37. The Morgan fingerprint density at radius 3 is 2.58 bits per heavy atom. The Morgan fingerprint density at radius 2 is 1.96 bits per heavy atom. The maximum absolute atomic E-state index is 12.2. The molecule has 24 heavy (non-hydrogen) atoms. The van der Waals surface area contributed by atoms with Crippen LogP contribution in [-0.4, -0.2) is 39.5 Å². The maximum atomic E-state index is 12.2. The minimum atomic E-state index is -0.456. The van der Waals surface area contributed by atoms with Crippen LogP contribution in [-0.2, 0) is 11.8 Å². The summed E-state index contributed by atoms with van der Waals surface area (Å²) >= 11 is 6.16.